The molecule has 0 radical (unpaired) electrons. The first-order chi connectivity index (χ1) is 14.9. The number of benzene rings is 3. The summed E-state index contributed by atoms with van der Waals surface area (Å²) in [5.74, 6) is 0.939. The summed E-state index contributed by atoms with van der Waals surface area (Å²) in [6.07, 6.45) is 5.77. The molecule has 0 aliphatic rings. The van der Waals surface area contributed by atoms with Crippen molar-refractivity contribution >= 4 is 64.1 Å². The maximum Gasteiger partial charge on any atom is 0.137 e. The smallest absolute Gasteiger partial charge is 0.137 e. The normalized spacial score (nSPS) is 12.0. The van der Waals surface area contributed by atoms with Crippen molar-refractivity contribution in [2.75, 3.05) is 0 Å². The van der Waals surface area contributed by atoms with Crippen LogP contribution in [-0.4, -0.2) is 14.5 Å². The summed E-state index contributed by atoms with van der Waals surface area (Å²) in [6.45, 7) is 0. The van der Waals surface area contributed by atoms with Crippen LogP contribution in [0.2, 0.25) is 0 Å². The van der Waals surface area contributed by atoms with Crippen molar-refractivity contribution in [1.82, 2.24) is 14.5 Å². The second-order valence-electron chi connectivity index (χ2n) is 7.49. The fourth-order valence-electron chi connectivity index (χ4n) is 4.74. The Morgan fingerprint density at radius 3 is 2.40 bits per heavy atom. The van der Waals surface area contributed by atoms with Crippen LogP contribution in [0.5, 0.6) is 0 Å². The number of fused-ring (bicyclic) bond motifs is 10. The summed E-state index contributed by atoms with van der Waals surface area (Å²) < 4.78 is 4.90. The lowest BCUT2D eigenvalue weighted by Crippen LogP contribution is -1.96. The molecule has 0 saturated carbocycles. The molecule has 0 bridgehead atoms. The van der Waals surface area contributed by atoms with Gasteiger partial charge in [0.1, 0.15) is 5.82 Å². The van der Waals surface area contributed by atoms with Crippen molar-refractivity contribution in [3.05, 3.63) is 91.4 Å². The molecule has 0 fully saturated rings. The third-order valence-corrected chi connectivity index (χ3v) is 7.12. The Morgan fingerprint density at radius 2 is 1.50 bits per heavy atom. The van der Waals surface area contributed by atoms with Gasteiger partial charge in [0.15, 0.2) is 0 Å². The molecule has 4 aromatic heterocycles. The highest BCUT2D eigenvalue weighted by molar-refractivity contribution is 7.27. The van der Waals surface area contributed by atoms with Crippen LogP contribution < -0.4 is 0 Å². The van der Waals surface area contributed by atoms with Crippen LogP contribution in [0.4, 0.5) is 0 Å². The Morgan fingerprint density at radius 1 is 0.667 bits per heavy atom. The minimum atomic E-state index is 0.939. The molecule has 0 spiro atoms. The predicted molar refractivity (Wildman–Crippen MR) is 127 cm³/mol. The quantitative estimate of drug-likeness (QED) is 0.294. The maximum atomic E-state index is 4.73. The highest BCUT2D eigenvalue weighted by Crippen LogP contribution is 2.47. The largest absolute Gasteiger partial charge is 0.293 e. The average Bonchev–Trinajstić information content (AvgIpc) is 3.36. The van der Waals surface area contributed by atoms with Crippen molar-refractivity contribution in [1.29, 1.82) is 0 Å². The van der Waals surface area contributed by atoms with Crippen LogP contribution in [0.1, 0.15) is 0 Å². The molecule has 0 atom stereocenters. The van der Waals surface area contributed by atoms with Gasteiger partial charge >= 0.3 is 0 Å². The van der Waals surface area contributed by atoms with E-state index in [2.05, 4.69) is 76.3 Å². The fraction of sp³-hybridized carbons (Fsp3) is 0. The molecule has 0 aliphatic carbocycles. The Balaban J connectivity index is 1.91. The van der Waals surface area contributed by atoms with E-state index in [-0.39, 0.29) is 0 Å². The van der Waals surface area contributed by atoms with E-state index in [1.54, 1.807) is 0 Å². The van der Waals surface area contributed by atoms with E-state index >= 15 is 0 Å². The molecule has 4 heteroatoms. The summed E-state index contributed by atoms with van der Waals surface area (Å²) in [7, 11) is 0. The van der Waals surface area contributed by atoms with Crippen molar-refractivity contribution in [2.45, 2.75) is 0 Å². The molecule has 3 aromatic carbocycles. The van der Waals surface area contributed by atoms with E-state index in [4.69, 9.17) is 4.98 Å². The Bertz CT molecular complexity index is 1740. The van der Waals surface area contributed by atoms with E-state index in [0.717, 1.165) is 5.82 Å². The second-order valence-corrected chi connectivity index (χ2v) is 8.54. The monoisotopic (exact) mass is 401 g/mol. The topological polar surface area (TPSA) is 30.7 Å². The number of hydrogen-bond acceptors (Lipinski definition) is 3. The van der Waals surface area contributed by atoms with Crippen molar-refractivity contribution in [3.63, 3.8) is 0 Å². The molecule has 140 valence electrons. The highest BCUT2D eigenvalue weighted by Gasteiger charge is 2.21. The third-order valence-electron chi connectivity index (χ3n) is 5.92. The van der Waals surface area contributed by atoms with Crippen LogP contribution in [0, 0.1) is 0 Å². The van der Waals surface area contributed by atoms with Gasteiger partial charge in [-0.3, -0.25) is 9.55 Å². The van der Waals surface area contributed by atoms with Crippen LogP contribution in [0.25, 0.3) is 58.6 Å². The molecule has 0 N–H and O–H groups in total. The summed E-state index contributed by atoms with van der Waals surface area (Å²) in [5.41, 5.74) is 2.40. The fourth-order valence-corrected chi connectivity index (χ4v) is 5.96. The predicted octanol–water partition coefficient (Wildman–Crippen LogP) is 7.09. The van der Waals surface area contributed by atoms with Gasteiger partial charge in [-0.25, -0.2) is 4.98 Å². The van der Waals surface area contributed by atoms with Gasteiger partial charge in [0.25, 0.3) is 0 Å². The standard InChI is InChI=1S/C26H15N3S/c1-3-9-20-17(7-1)23-16-12-14-27-15-19(16)26-24(18-8-2-4-10-21(18)30-26)25(23)29(20)22-11-5-6-13-28-22/h1-15H. The van der Waals surface area contributed by atoms with Crippen LogP contribution in [0.15, 0.2) is 91.4 Å². The van der Waals surface area contributed by atoms with Crippen molar-refractivity contribution in [2.24, 2.45) is 0 Å². The minimum Gasteiger partial charge on any atom is -0.293 e. The summed E-state index contributed by atoms with van der Waals surface area (Å²) in [4.78, 5) is 9.20. The Hall–Kier alpha value is -3.76. The molecular weight excluding hydrogens is 386 g/mol. The van der Waals surface area contributed by atoms with Crippen LogP contribution in [-0.2, 0) is 0 Å². The zero-order valence-corrected chi connectivity index (χ0v) is 16.7. The second kappa shape index (κ2) is 5.88. The SMILES string of the molecule is c1ccc(-n2c3ccccc3c3c4ccncc4c4sc5ccccc5c4c32)nc1. The van der Waals surface area contributed by atoms with Gasteiger partial charge in [-0.1, -0.05) is 42.5 Å². The number of para-hydroxylation sites is 1. The van der Waals surface area contributed by atoms with Gasteiger partial charge in [-0.2, -0.15) is 0 Å². The number of aromatic nitrogens is 3. The molecule has 0 saturated heterocycles. The molecule has 3 nitrogen and oxygen atoms in total. The Labute approximate surface area is 175 Å². The molecule has 7 aromatic rings. The van der Waals surface area contributed by atoms with Gasteiger partial charge in [0.2, 0.25) is 0 Å². The number of rotatable bonds is 1. The molecule has 7 rings (SSSR count). The number of thiophene rings is 1. The molecule has 30 heavy (non-hydrogen) atoms. The van der Waals surface area contributed by atoms with E-state index in [0.29, 0.717) is 0 Å². The lowest BCUT2D eigenvalue weighted by atomic mass is 10.0. The zero-order valence-electron chi connectivity index (χ0n) is 15.9. The summed E-state index contributed by atoms with van der Waals surface area (Å²) in [5, 5.41) is 7.53. The summed E-state index contributed by atoms with van der Waals surface area (Å²) in [6, 6.07) is 25.6. The lowest BCUT2D eigenvalue weighted by molar-refractivity contribution is 1.08. The number of pyridine rings is 2. The highest BCUT2D eigenvalue weighted by atomic mass is 32.1. The van der Waals surface area contributed by atoms with E-state index in [9.17, 15) is 0 Å². The first-order valence-corrected chi connectivity index (χ1v) is 10.7. The van der Waals surface area contributed by atoms with E-state index in [1.807, 2.05) is 36.0 Å². The number of hydrogen-bond donors (Lipinski definition) is 0. The maximum absolute atomic E-state index is 4.73. The third kappa shape index (κ3) is 1.98. The molecule has 4 heterocycles. The van der Waals surface area contributed by atoms with E-state index < -0.39 is 0 Å². The van der Waals surface area contributed by atoms with Gasteiger partial charge in [-0.15, -0.1) is 11.3 Å². The first kappa shape index (κ1) is 16.1. The lowest BCUT2D eigenvalue weighted by Gasteiger charge is -2.09. The first-order valence-electron chi connectivity index (χ1n) is 9.93. The van der Waals surface area contributed by atoms with E-state index in [1.165, 1.54) is 52.8 Å². The van der Waals surface area contributed by atoms with Gasteiger partial charge in [-0.05, 0) is 35.7 Å². The minimum absolute atomic E-state index is 0.939. The van der Waals surface area contributed by atoms with Gasteiger partial charge in [0.05, 0.1) is 11.0 Å². The van der Waals surface area contributed by atoms with Gasteiger partial charge < -0.3 is 0 Å². The van der Waals surface area contributed by atoms with Crippen LogP contribution >= 0.6 is 11.3 Å². The summed E-state index contributed by atoms with van der Waals surface area (Å²) >= 11 is 1.85. The molecule has 0 unspecified atom stereocenters. The van der Waals surface area contributed by atoms with Gasteiger partial charge in [0, 0.05) is 54.9 Å². The van der Waals surface area contributed by atoms with Crippen LogP contribution in [0.3, 0.4) is 0 Å². The molecule has 0 aliphatic heterocycles. The van der Waals surface area contributed by atoms with Crippen molar-refractivity contribution < 1.29 is 0 Å². The number of nitrogens with zero attached hydrogens (tertiary/aromatic N) is 3. The molecular formula is C26H15N3S. The van der Waals surface area contributed by atoms with Crippen molar-refractivity contribution in [3.8, 4) is 5.82 Å². The zero-order chi connectivity index (χ0) is 19.7. The average molecular weight is 401 g/mol. The Kier molecular flexibility index (Phi) is 3.15. The molecule has 0 amide bonds.